The minimum absolute atomic E-state index is 0.0781. The number of methoxy groups -OCH3 is 1. The molecule has 2 aromatic rings. The van der Waals surface area contributed by atoms with Crippen molar-refractivity contribution in [2.24, 2.45) is 5.73 Å². The number of rotatable bonds is 8. The SMILES string of the molecule is COc1ccc(C(C)N(C)CCC(=O)Nc2ccc(C(N)=O)cc2)cc1. The summed E-state index contributed by atoms with van der Waals surface area (Å²) in [5.41, 5.74) is 7.42. The fourth-order valence-corrected chi connectivity index (χ4v) is 2.55. The molecule has 0 bridgehead atoms. The number of hydrogen-bond donors (Lipinski definition) is 2. The summed E-state index contributed by atoms with van der Waals surface area (Å²) in [6, 6.07) is 14.6. The molecule has 26 heavy (non-hydrogen) atoms. The first-order chi connectivity index (χ1) is 12.4. The summed E-state index contributed by atoms with van der Waals surface area (Å²) >= 11 is 0. The first-order valence-corrected chi connectivity index (χ1v) is 8.44. The van der Waals surface area contributed by atoms with E-state index in [1.54, 1.807) is 31.4 Å². The molecule has 138 valence electrons. The van der Waals surface area contributed by atoms with Crippen molar-refractivity contribution in [1.82, 2.24) is 4.90 Å². The lowest BCUT2D eigenvalue weighted by Crippen LogP contribution is -2.27. The van der Waals surface area contributed by atoms with Gasteiger partial charge < -0.3 is 15.8 Å². The molecule has 0 saturated heterocycles. The Morgan fingerprint density at radius 3 is 2.27 bits per heavy atom. The Morgan fingerprint density at radius 1 is 1.12 bits per heavy atom. The van der Waals surface area contributed by atoms with Gasteiger partial charge in [0.25, 0.3) is 0 Å². The summed E-state index contributed by atoms with van der Waals surface area (Å²) in [5.74, 6) is 0.257. The zero-order valence-electron chi connectivity index (χ0n) is 15.4. The number of hydrogen-bond acceptors (Lipinski definition) is 4. The average molecular weight is 355 g/mol. The van der Waals surface area contributed by atoms with Gasteiger partial charge in [-0.1, -0.05) is 12.1 Å². The maximum absolute atomic E-state index is 12.1. The van der Waals surface area contributed by atoms with E-state index in [1.807, 2.05) is 31.3 Å². The van der Waals surface area contributed by atoms with Gasteiger partial charge in [-0.3, -0.25) is 14.5 Å². The number of amides is 2. The third-order valence-electron chi connectivity index (χ3n) is 4.40. The Labute approximate surface area is 153 Å². The van der Waals surface area contributed by atoms with Gasteiger partial charge in [-0.2, -0.15) is 0 Å². The molecule has 0 fully saturated rings. The van der Waals surface area contributed by atoms with Gasteiger partial charge in [-0.05, 0) is 55.9 Å². The molecule has 0 aromatic heterocycles. The van der Waals surface area contributed by atoms with Crippen LogP contribution in [0.4, 0.5) is 5.69 Å². The highest BCUT2D eigenvalue weighted by Gasteiger charge is 2.13. The Bertz CT molecular complexity index is 742. The normalized spacial score (nSPS) is 11.8. The second kappa shape index (κ2) is 9.01. The van der Waals surface area contributed by atoms with Crippen LogP contribution in [0.25, 0.3) is 0 Å². The molecule has 0 aliphatic rings. The molecule has 0 aliphatic heterocycles. The number of ether oxygens (including phenoxy) is 1. The molecule has 6 nitrogen and oxygen atoms in total. The lowest BCUT2D eigenvalue weighted by atomic mass is 10.1. The van der Waals surface area contributed by atoms with E-state index in [1.165, 1.54) is 0 Å². The topological polar surface area (TPSA) is 84.7 Å². The molecule has 2 aromatic carbocycles. The predicted molar refractivity (Wildman–Crippen MR) is 102 cm³/mol. The van der Waals surface area contributed by atoms with E-state index in [0.717, 1.165) is 11.3 Å². The van der Waals surface area contributed by atoms with Crippen LogP contribution in [0.1, 0.15) is 35.3 Å². The van der Waals surface area contributed by atoms with Crippen LogP contribution in [0.15, 0.2) is 48.5 Å². The molecule has 6 heteroatoms. The highest BCUT2D eigenvalue weighted by Crippen LogP contribution is 2.21. The van der Waals surface area contributed by atoms with Gasteiger partial charge in [-0.15, -0.1) is 0 Å². The van der Waals surface area contributed by atoms with E-state index in [0.29, 0.717) is 24.2 Å². The molecule has 3 N–H and O–H groups in total. The highest BCUT2D eigenvalue weighted by atomic mass is 16.5. The smallest absolute Gasteiger partial charge is 0.248 e. The first-order valence-electron chi connectivity index (χ1n) is 8.44. The molecule has 1 atom stereocenters. The molecule has 0 aliphatic carbocycles. The standard InChI is InChI=1S/C20H25N3O3/c1-14(15-6-10-18(26-3)11-7-15)23(2)13-12-19(24)22-17-8-4-16(5-9-17)20(21)25/h4-11,14H,12-13H2,1-3H3,(H2,21,25)(H,22,24). The molecular formula is C20H25N3O3. The second-order valence-corrected chi connectivity index (χ2v) is 6.17. The average Bonchev–Trinajstić information content (AvgIpc) is 2.66. The van der Waals surface area contributed by atoms with Gasteiger partial charge in [0.05, 0.1) is 7.11 Å². The lowest BCUT2D eigenvalue weighted by Gasteiger charge is -2.25. The van der Waals surface area contributed by atoms with E-state index in [2.05, 4.69) is 17.1 Å². The van der Waals surface area contributed by atoms with Crippen LogP contribution in [0.3, 0.4) is 0 Å². The van der Waals surface area contributed by atoms with Gasteiger partial charge >= 0.3 is 0 Å². The Balaban J connectivity index is 1.84. The fourth-order valence-electron chi connectivity index (χ4n) is 2.55. The first kappa shape index (κ1) is 19.5. The summed E-state index contributed by atoms with van der Waals surface area (Å²) in [6.45, 7) is 2.72. The number of nitrogens with one attached hydrogen (secondary N) is 1. The summed E-state index contributed by atoms with van der Waals surface area (Å²) in [5, 5.41) is 2.82. The quantitative estimate of drug-likeness (QED) is 0.762. The van der Waals surface area contributed by atoms with Crippen molar-refractivity contribution < 1.29 is 14.3 Å². The predicted octanol–water partition coefficient (Wildman–Crippen LogP) is 2.82. The van der Waals surface area contributed by atoms with E-state index < -0.39 is 5.91 Å². The van der Waals surface area contributed by atoms with Crippen LogP contribution in [0, 0.1) is 0 Å². The van der Waals surface area contributed by atoms with Crippen molar-refractivity contribution in [3.63, 3.8) is 0 Å². The van der Waals surface area contributed by atoms with E-state index in [4.69, 9.17) is 10.5 Å². The number of carbonyl (C=O) groups excluding carboxylic acids is 2. The number of primary amides is 1. The fraction of sp³-hybridized carbons (Fsp3) is 0.300. The van der Waals surface area contributed by atoms with E-state index in [9.17, 15) is 9.59 Å². The van der Waals surface area contributed by atoms with E-state index in [-0.39, 0.29) is 11.9 Å². The molecule has 0 spiro atoms. The van der Waals surface area contributed by atoms with Crippen LogP contribution < -0.4 is 15.8 Å². The molecule has 0 saturated carbocycles. The molecule has 2 rings (SSSR count). The zero-order chi connectivity index (χ0) is 19.1. The Morgan fingerprint density at radius 2 is 1.73 bits per heavy atom. The number of anilines is 1. The molecule has 0 heterocycles. The zero-order valence-corrected chi connectivity index (χ0v) is 15.4. The summed E-state index contributed by atoms with van der Waals surface area (Å²) in [7, 11) is 3.63. The van der Waals surface area contributed by atoms with E-state index >= 15 is 0 Å². The molecular weight excluding hydrogens is 330 g/mol. The largest absolute Gasteiger partial charge is 0.497 e. The number of nitrogens with two attached hydrogens (primary N) is 1. The van der Waals surface area contributed by atoms with Gasteiger partial charge in [0.1, 0.15) is 5.75 Å². The van der Waals surface area contributed by atoms with Gasteiger partial charge in [-0.25, -0.2) is 0 Å². The van der Waals surface area contributed by atoms with Crippen molar-refractivity contribution >= 4 is 17.5 Å². The van der Waals surface area contributed by atoms with Gasteiger partial charge in [0.2, 0.25) is 11.8 Å². The summed E-state index contributed by atoms with van der Waals surface area (Å²) in [6.07, 6.45) is 0.370. The van der Waals surface area contributed by atoms with Crippen molar-refractivity contribution in [3.05, 3.63) is 59.7 Å². The highest BCUT2D eigenvalue weighted by molar-refractivity contribution is 5.94. The maximum Gasteiger partial charge on any atom is 0.248 e. The van der Waals surface area contributed by atoms with Gasteiger partial charge in [0.15, 0.2) is 0 Å². The lowest BCUT2D eigenvalue weighted by molar-refractivity contribution is -0.116. The molecule has 1 unspecified atom stereocenters. The summed E-state index contributed by atoms with van der Waals surface area (Å²) in [4.78, 5) is 25.3. The number of nitrogens with zero attached hydrogens (tertiary/aromatic N) is 1. The van der Waals surface area contributed by atoms with Crippen LogP contribution in [0.2, 0.25) is 0 Å². The van der Waals surface area contributed by atoms with Crippen LogP contribution in [0.5, 0.6) is 5.75 Å². The summed E-state index contributed by atoms with van der Waals surface area (Å²) < 4.78 is 5.17. The van der Waals surface area contributed by atoms with Crippen LogP contribution in [-0.4, -0.2) is 37.4 Å². The van der Waals surface area contributed by atoms with Crippen molar-refractivity contribution in [1.29, 1.82) is 0 Å². The van der Waals surface area contributed by atoms with Crippen molar-refractivity contribution in [2.75, 3.05) is 26.0 Å². The van der Waals surface area contributed by atoms with Gasteiger partial charge in [0, 0.05) is 30.3 Å². The monoisotopic (exact) mass is 355 g/mol. The van der Waals surface area contributed by atoms with Crippen molar-refractivity contribution in [2.45, 2.75) is 19.4 Å². The maximum atomic E-state index is 12.1. The minimum Gasteiger partial charge on any atom is -0.497 e. The Hall–Kier alpha value is -2.86. The minimum atomic E-state index is -0.489. The molecule has 0 radical (unpaired) electrons. The number of benzene rings is 2. The molecule has 2 amide bonds. The second-order valence-electron chi connectivity index (χ2n) is 6.17. The van der Waals surface area contributed by atoms with Crippen LogP contribution >= 0.6 is 0 Å². The Kier molecular flexibility index (Phi) is 6.74. The van der Waals surface area contributed by atoms with Crippen molar-refractivity contribution in [3.8, 4) is 5.75 Å². The third kappa shape index (κ3) is 5.32. The van der Waals surface area contributed by atoms with Crippen LogP contribution in [-0.2, 0) is 4.79 Å². The number of carbonyl (C=O) groups is 2. The third-order valence-corrected chi connectivity index (χ3v) is 4.40.